The minimum Gasteiger partial charge on any atom is -0.287 e. The molecule has 0 fully saturated rings. The van der Waals surface area contributed by atoms with Crippen molar-refractivity contribution in [2.75, 3.05) is 0 Å². The van der Waals surface area contributed by atoms with Gasteiger partial charge >= 0.3 is 0 Å². The summed E-state index contributed by atoms with van der Waals surface area (Å²) in [7, 11) is 0. The number of ketones is 1. The van der Waals surface area contributed by atoms with Crippen LogP contribution in [0.4, 0.5) is 0 Å². The minimum absolute atomic E-state index is 0.134. The third-order valence-electron chi connectivity index (χ3n) is 3.12. The second kappa shape index (κ2) is 6.78. The summed E-state index contributed by atoms with van der Waals surface area (Å²) >= 11 is 0. The van der Waals surface area contributed by atoms with Crippen molar-refractivity contribution in [3.8, 4) is 0 Å². The number of hydrogen-bond acceptors (Lipinski definition) is 2. The van der Waals surface area contributed by atoms with Crippen LogP contribution in [0, 0.1) is 0 Å². The van der Waals surface area contributed by atoms with Gasteiger partial charge in [-0.1, -0.05) is 43.7 Å². The first-order valence-electron chi connectivity index (χ1n) is 6.72. The summed E-state index contributed by atoms with van der Waals surface area (Å²) in [5.41, 5.74) is 1.88. The lowest BCUT2D eigenvalue weighted by atomic mass is 10.1. The molecule has 2 rings (SSSR count). The van der Waals surface area contributed by atoms with Crippen LogP contribution in [0.25, 0.3) is 0 Å². The zero-order chi connectivity index (χ0) is 13.5. The summed E-state index contributed by atoms with van der Waals surface area (Å²) in [6.45, 7) is 2.54. The smallest absolute Gasteiger partial charge is 0.227 e. The standard InChI is InChI=1S/C16H19N2O/c1-2-3-9-15-12-17-10-11-18(15)13-16(19)14-7-5-4-6-8-14/h4-8,10-12H,2-3,9,13H2,1H3/q+1. The van der Waals surface area contributed by atoms with Crippen molar-refractivity contribution in [2.45, 2.75) is 32.7 Å². The predicted molar refractivity (Wildman–Crippen MR) is 73.8 cm³/mol. The summed E-state index contributed by atoms with van der Waals surface area (Å²) in [6, 6.07) is 9.42. The first kappa shape index (κ1) is 13.4. The third kappa shape index (κ3) is 3.71. The van der Waals surface area contributed by atoms with Gasteiger partial charge in [0.1, 0.15) is 0 Å². The molecule has 0 N–H and O–H groups in total. The van der Waals surface area contributed by atoms with E-state index < -0.39 is 0 Å². The number of hydrogen-bond donors (Lipinski definition) is 0. The van der Waals surface area contributed by atoms with Crippen molar-refractivity contribution < 1.29 is 9.36 Å². The third-order valence-corrected chi connectivity index (χ3v) is 3.12. The van der Waals surface area contributed by atoms with Crippen molar-refractivity contribution in [1.82, 2.24) is 4.98 Å². The van der Waals surface area contributed by atoms with Crippen LogP contribution in [0.5, 0.6) is 0 Å². The molecule has 0 spiro atoms. The van der Waals surface area contributed by atoms with Gasteiger partial charge in [0.15, 0.2) is 11.9 Å². The molecular weight excluding hydrogens is 236 g/mol. The highest BCUT2D eigenvalue weighted by atomic mass is 16.1. The van der Waals surface area contributed by atoms with Crippen molar-refractivity contribution >= 4 is 5.78 Å². The van der Waals surface area contributed by atoms with Crippen LogP contribution >= 0.6 is 0 Å². The fourth-order valence-electron chi connectivity index (χ4n) is 2.01. The lowest BCUT2D eigenvalue weighted by molar-refractivity contribution is -0.691. The molecule has 3 nitrogen and oxygen atoms in total. The number of nitrogens with zero attached hydrogens (tertiary/aromatic N) is 2. The Hall–Kier alpha value is -2.03. The van der Waals surface area contributed by atoms with E-state index in [0.29, 0.717) is 6.54 Å². The van der Waals surface area contributed by atoms with E-state index in [-0.39, 0.29) is 5.78 Å². The van der Waals surface area contributed by atoms with Gasteiger partial charge in [0.2, 0.25) is 12.3 Å². The van der Waals surface area contributed by atoms with E-state index >= 15 is 0 Å². The molecule has 1 aromatic carbocycles. The number of benzene rings is 1. The van der Waals surface area contributed by atoms with E-state index in [9.17, 15) is 4.79 Å². The SMILES string of the molecule is CCCCc1cncc[n+]1CC(=O)c1ccccc1. The highest BCUT2D eigenvalue weighted by molar-refractivity contribution is 5.94. The molecule has 0 saturated carbocycles. The monoisotopic (exact) mass is 255 g/mol. The average Bonchev–Trinajstić information content (AvgIpc) is 2.47. The molecule has 0 aliphatic carbocycles. The summed E-state index contributed by atoms with van der Waals surface area (Å²) in [4.78, 5) is 16.3. The Morgan fingerprint density at radius 1 is 1.26 bits per heavy atom. The Bertz CT molecular complexity index is 537. The topological polar surface area (TPSA) is 33.8 Å². The number of carbonyl (C=O) groups is 1. The summed E-state index contributed by atoms with van der Waals surface area (Å²) < 4.78 is 2.00. The zero-order valence-electron chi connectivity index (χ0n) is 11.2. The van der Waals surface area contributed by atoms with Gasteiger partial charge in [-0.2, -0.15) is 4.57 Å². The number of aromatic nitrogens is 2. The number of aryl methyl sites for hydroxylation is 1. The van der Waals surface area contributed by atoms with Crippen molar-refractivity contribution in [3.05, 3.63) is 60.2 Å². The van der Waals surface area contributed by atoms with Gasteiger partial charge in [0, 0.05) is 12.0 Å². The number of unbranched alkanes of at least 4 members (excludes halogenated alkanes) is 1. The first-order chi connectivity index (χ1) is 9.31. The maximum atomic E-state index is 12.2. The molecule has 1 aromatic heterocycles. The Morgan fingerprint density at radius 2 is 2.05 bits per heavy atom. The van der Waals surface area contributed by atoms with E-state index in [1.807, 2.05) is 47.3 Å². The van der Waals surface area contributed by atoms with E-state index in [1.54, 1.807) is 6.20 Å². The van der Waals surface area contributed by atoms with Crippen LogP contribution in [0.15, 0.2) is 48.9 Å². The molecule has 0 unspecified atom stereocenters. The van der Waals surface area contributed by atoms with Crippen molar-refractivity contribution in [1.29, 1.82) is 0 Å². The Balaban J connectivity index is 2.12. The van der Waals surface area contributed by atoms with Crippen molar-refractivity contribution in [3.63, 3.8) is 0 Å². The first-order valence-corrected chi connectivity index (χ1v) is 6.72. The van der Waals surface area contributed by atoms with Gasteiger partial charge in [-0.25, -0.2) is 0 Å². The molecule has 3 heteroatoms. The fourth-order valence-corrected chi connectivity index (χ4v) is 2.01. The Labute approximate surface area is 113 Å². The maximum Gasteiger partial charge on any atom is 0.227 e. The predicted octanol–water partition coefficient (Wildman–Crippen LogP) is 2.59. The van der Waals surface area contributed by atoms with Crippen LogP contribution in [0.3, 0.4) is 0 Å². The molecule has 0 saturated heterocycles. The second-order valence-corrected chi connectivity index (χ2v) is 4.59. The van der Waals surface area contributed by atoms with E-state index in [2.05, 4.69) is 11.9 Å². The van der Waals surface area contributed by atoms with Gasteiger partial charge in [-0.3, -0.25) is 9.78 Å². The quantitative estimate of drug-likeness (QED) is 0.587. The van der Waals surface area contributed by atoms with E-state index in [4.69, 9.17) is 0 Å². The van der Waals surface area contributed by atoms with E-state index in [1.165, 1.54) is 0 Å². The Morgan fingerprint density at radius 3 is 2.79 bits per heavy atom. The molecule has 0 bridgehead atoms. The molecule has 0 radical (unpaired) electrons. The van der Waals surface area contributed by atoms with Crippen LogP contribution in [0.1, 0.15) is 35.8 Å². The van der Waals surface area contributed by atoms with Gasteiger partial charge in [-0.05, 0) is 6.42 Å². The molecular formula is C16H19N2O+. The maximum absolute atomic E-state index is 12.2. The van der Waals surface area contributed by atoms with Gasteiger partial charge in [-0.15, -0.1) is 0 Å². The molecule has 2 aromatic rings. The molecule has 0 atom stereocenters. The van der Waals surface area contributed by atoms with Gasteiger partial charge in [0.05, 0.1) is 12.4 Å². The van der Waals surface area contributed by atoms with Gasteiger partial charge in [0.25, 0.3) is 0 Å². The highest BCUT2D eigenvalue weighted by Crippen LogP contribution is 2.02. The fraction of sp³-hybridized carbons (Fsp3) is 0.312. The highest BCUT2D eigenvalue weighted by Gasteiger charge is 2.15. The number of rotatable bonds is 6. The molecule has 0 aliphatic rings. The second-order valence-electron chi connectivity index (χ2n) is 4.59. The van der Waals surface area contributed by atoms with Crippen LogP contribution < -0.4 is 4.57 Å². The lowest BCUT2D eigenvalue weighted by Crippen LogP contribution is -2.41. The summed E-state index contributed by atoms with van der Waals surface area (Å²) in [5, 5.41) is 0. The average molecular weight is 255 g/mol. The zero-order valence-corrected chi connectivity index (χ0v) is 11.2. The van der Waals surface area contributed by atoms with Crippen LogP contribution in [-0.2, 0) is 13.0 Å². The van der Waals surface area contributed by atoms with Crippen LogP contribution in [0.2, 0.25) is 0 Å². The lowest BCUT2D eigenvalue weighted by Gasteiger charge is -2.02. The molecule has 1 heterocycles. The van der Waals surface area contributed by atoms with E-state index in [0.717, 1.165) is 30.5 Å². The summed E-state index contributed by atoms with van der Waals surface area (Å²) in [6.07, 6.45) is 8.69. The largest absolute Gasteiger partial charge is 0.287 e. The van der Waals surface area contributed by atoms with Crippen molar-refractivity contribution in [2.24, 2.45) is 0 Å². The molecule has 0 amide bonds. The minimum atomic E-state index is 0.134. The number of carbonyl (C=O) groups excluding carboxylic acids is 1. The number of Topliss-reactive ketones (excluding diaryl/α,β-unsaturated/α-hetero) is 1. The van der Waals surface area contributed by atoms with Gasteiger partial charge < -0.3 is 0 Å². The molecule has 0 aliphatic heterocycles. The Kier molecular flexibility index (Phi) is 4.78. The summed E-state index contributed by atoms with van der Waals surface area (Å²) in [5.74, 6) is 0.134. The van der Waals surface area contributed by atoms with Crippen LogP contribution in [-0.4, -0.2) is 10.8 Å². The molecule has 98 valence electrons. The normalized spacial score (nSPS) is 10.4. The molecule has 19 heavy (non-hydrogen) atoms.